The highest BCUT2D eigenvalue weighted by molar-refractivity contribution is 5.99. The Labute approximate surface area is 179 Å². The van der Waals surface area contributed by atoms with E-state index < -0.39 is 0 Å². The Morgan fingerprint density at radius 2 is 2.06 bits per heavy atom. The van der Waals surface area contributed by atoms with Crippen LogP contribution in [0.15, 0.2) is 59.1 Å². The second-order valence-electron chi connectivity index (χ2n) is 8.20. The van der Waals surface area contributed by atoms with Crippen LogP contribution in [0.1, 0.15) is 58.6 Å². The first-order valence-electron chi connectivity index (χ1n) is 10.7. The van der Waals surface area contributed by atoms with Crippen molar-refractivity contribution in [3.05, 3.63) is 89.0 Å². The maximum Gasteiger partial charge on any atom is 0.270 e. The van der Waals surface area contributed by atoms with Crippen LogP contribution in [-0.4, -0.2) is 27.3 Å². The molecule has 3 heterocycles. The van der Waals surface area contributed by atoms with E-state index in [0.717, 1.165) is 41.3 Å². The lowest BCUT2D eigenvalue weighted by molar-refractivity contribution is 0.0565. The number of piperidine rings is 1. The van der Waals surface area contributed by atoms with E-state index in [2.05, 4.69) is 9.97 Å². The summed E-state index contributed by atoms with van der Waals surface area (Å²) in [4.78, 5) is 23.0. The zero-order chi connectivity index (χ0) is 21.4. The standard InChI is InChI=1S/C25H24FN3O2/c1-16-5-4-6-21-20(16)14-22(28-21)25(30)29-12-3-2-7-23(29)24-27-15-19(31-24)13-17-8-10-18(26)11-9-17/h4-6,8-11,14-15,23,28H,2-3,7,12-13H2,1H3/t23-/m1/s1. The Balaban J connectivity index is 1.39. The number of nitrogens with zero attached hydrogens (tertiary/aromatic N) is 2. The molecule has 1 N–H and O–H groups in total. The molecule has 5 rings (SSSR count). The van der Waals surface area contributed by atoms with Gasteiger partial charge < -0.3 is 14.3 Å². The topological polar surface area (TPSA) is 62.1 Å². The fourth-order valence-electron chi connectivity index (χ4n) is 4.37. The maximum atomic E-state index is 13.4. The van der Waals surface area contributed by atoms with Crippen LogP contribution in [0.2, 0.25) is 0 Å². The minimum atomic E-state index is -0.259. The smallest absolute Gasteiger partial charge is 0.270 e. The van der Waals surface area contributed by atoms with Crippen molar-refractivity contribution >= 4 is 16.8 Å². The van der Waals surface area contributed by atoms with Gasteiger partial charge in [0.25, 0.3) is 5.91 Å². The van der Waals surface area contributed by atoms with Crippen LogP contribution in [0.3, 0.4) is 0 Å². The summed E-state index contributed by atoms with van der Waals surface area (Å²) in [5.74, 6) is 0.988. The number of aryl methyl sites for hydroxylation is 1. The van der Waals surface area contributed by atoms with Crippen LogP contribution in [0.5, 0.6) is 0 Å². The first-order chi connectivity index (χ1) is 15.1. The predicted molar refractivity (Wildman–Crippen MR) is 116 cm³/mol. The molecule has 2 aromatic heterocycles. The van der Waals surface area contributed by atoms with Crippen molar-refractivity contribution in [2.75, 3.05) is 6.54 Å². The van der Waals surface area contributed by atoms with Crippen molar-refractivity contribution in [3.8, 4) is 0 Å². The van der Waals surface area contributed by atoms with Crippen molar-refractivity contribution < 1.29 is 13.6 Å². The summed E-state index contributed by atoms with van der Waals surface area (Å²) >= 11 is 0. The van der Waals surface area contributed by atoms with Gasteiger partial charge in [0.15, 0.2) is 0 Å². The molecule has 2 aromatic carbocycles. The minimum Gasteiger partial charge on any atom is -0.443 e. The molecule has 5 nitrogen and oxygen atoms in total. The van der Waals surface area contributed by atoms with Gasteiger partial charge in [0.1, 0.15) is 23.3 Å². The Hall–Kier alpha value is -3.41. The van der Waals surface area contributed by atoms with Crippen LogP contribution in [0.25, 0.3) is 10.9 Å². The summed E-state index contributed by atoms with van der Waals surface area (Å²) in [6.45, 7) is 2.72. The number of benzene rings is 2. The van der Waals surface area contributed by atoms with Crippen LogP contribution in [0, 0.1) is 12.7 Å². The SMILES string of the molecule is Cc1cccc2[nH]c(C(=O)N3CCCC[C@@H]3c3ncc(Cc4ccc(F)cc4)o3)cc12. The van der Waals surface area contributed by atoms with E-state index in [1.165, 1.54) is 12.1 Å². The largest absolute Gasteiger partial charge is 0.443 e. The summed E-state index contributed by atoms with van der Waals surface area (Å²) < 4.78 is 19.2. The highest BCUT2D eigenvalue weighted by Gasteiger charge is 2.32. The monoisotopic (exact) mass is 417 g/mol. The molecule has 1 aliphatic heterocycles. The number of hydrogen-bond donors (Lipinski definition) is 1. The van der Waals surface area contributed by atoms with E-state index in [1.807, 2.05) is 36.1 Å². The summed E-state index contributed by atoms with van der Waals surface area (Å²) in [6.07, 6.45) is 5.06. The molecule has 0 aliphatic carbocycles. The second kappa shape index (κ2) is 8.02. The van der Waals surface area contributed by atoms with Crippen molar-refractivity contribution in [2.24, 2.45) is 0 Å². The number of carbonyl (C=O) groups excluding carboxylic acids is 1. The maximum absolute atomic E-state index is 13.4. The molecule has 0 radical (unpaired) electrons. The lowest BCUT2D eigenvalue weighted by Crippen LogP contribution is -2.38. The molecule has 0 bridgehead atoms. The Morgan fingerprint density at radius 3 is 2.87 bits per heavy atom. The number of likely N-dealkylation sites (tertiary alicyclic amines) is 1. The number of hydrogen-bond acceptors (Lipinski definition) is 3. The fraction of sp³-hybridized carbons (Fsp3) is 0.280. The number of H-pyrrole nitrogens is 1. The van der Waals surface area contributed by atoms with Crippen molar-refractivity contribution in [3.63, 3.8) is 0 Å². The van der Waals surface area contributed by atoms with Crippen LogP contribution >= 0.6 is 0 Å². The van der Waals surface area contributed by atoms with Crippen molar-refractivity contribution in [1.29, 1.82) is 0 Å². The Bertz CT molecular complexity index is 1230. The van der Waals surface area contributed by atoms with Gasteiger partial charge in [0.05, 0.1) is 6.20 Å². The highest BCUT2D eigenvalue weighted by atomic mass is 19.1. The molecule has 0 saturated carbocycles. The van der Waals surface area contributed by atoms with Crippen LogP contribution in [0.4, 0.5) is 4.39 Å². The first kappa shape index (κ1) is 19.5. The van der Waals surface area contributed by atoms with Gasteiger partial charge in [-0.2, -0.15) is 0 Å². The average Bonchev–Trinajstić information content (AvgIpc) is 3.43. The summed E-state index contributed by atoms with van der Waals surface area (Å²) in [5.41, 5.74) is 3.65. The third-order valence-electron chi connectivity index (χ3n) is 6.02. The van der Waals surface area contributed by atoms with Crippen LogP contribution in [-0.2, 0) is 6.42 Å². The number of fused-ring (bicyclic) bond motifs is 1. The summed E-state index contributed by atoms with van der Waals surface area (Å²) in [6, 6.07) is 14.1. The number of aromatic amines is 1. The van der Waals surface area contributed by atoms with Gasteiger partial charge in [-0.05, 0) is 61.6 Å². The molecule has 1 atom stereocenters. The number of halogens is 1. The number of oxazole rings is 1. The molecule has 4 aromatic rings. The number of rotatable bonds is 4. The molecule has 1 aliphatic rings. The van der Waals surface area contributed by atoms with Crippen LogP contribution < -0.4 is 0 Å². The Kier molecular flexibility index (Phi) is 5.06. The number of nitrogens with one attached hydrogen (secondary N) is 1. The minimum absolute atomic E-state index is 0.0291. The van der Waals surface area contributed by atoms with Gasteiger partial charge in [-0.3, -0.25) is 4.79 Å². The van der Waals surface area contributed by atoms with Crippen molar-refractivity contribution in [1.82, 2.24) is 14.9 Å². The Morgan fingerprint density at radius 1 is 1.23 bits per heavy atom. The normalized spacial score (nSPS) is 16.7. The van der Waals surface area contributed by atoms with Gasteiger partial charge in [-0.25, -0.2) is 9.37 Å². The zero-order valence-electron chi connectivity index (χ0n) is 17.4. The summed E-state index contributed by atoms with van der Waals surface area (Å²) in [5, 5.41) is 1.07. The molecule has 6 heteroatoms. The van der Waals surface area contributed by atoms with E-state index in [9.17, 15) is 9.18 Å². The predicted octanol–water partition coefficient (Wildman–Crippen LogP) is 5.56. The number of amides is 1. The van der Waals surface area contributed by atoms with E-state index in [1.54, 1.807) is 18.3 Å². The lowest BCUT2D eigenvalue weighted by Gasteiger charge is -2.33. The zero-order valence-corrected chi connectivity index (χ0v) is 17.4. The van der Waals surface area contributed by atoms with E-state index in [-0.39, 0.29) is 17.8 Å². The molecular formula is C25H24FN3O2. The number of aromatic nitrogens is 2. The average molecular weight is 417 g/mol. The molecule has 31 heavy (non-hydrogen) atoms. The molecule has 1 saturated heterocycles. The number of carbonyl (C=O) groups is 1. The van der Waals surface area contributed by atoms with Gasteiger partial charge in [-0.15, -0.1) is 0 Å². The second-order valence-corrected chi connectivity index (χ2v) is 8.20. The van der Waals surface area contributed by atoms with Crippen molar-refractivity contribution in [2.45, 2.75) is 38.6 Å². The third kappa shape index (κ3) is 3.85. The third-order valence-corrected chi connectivity index (χ3v) is 6.02. The first-order valence-corrected chi connectivity index (χ1v) is 10.7. The lowest BCUT2D eigenvalue weighted by atomic mass is 10.0. The molecular weight excluding hydrogens is 393 g/mol. The summed E-state index contributed by atoms with van der Waals surface area (Å²) in [7, 11) is 0. The van der Waals surface area contributed by atoms with E-state index in [0.29, 0.717) is 30.3 Å². The quantitative estimate of drug-likeness (QED) is 0.473. The van der Waals surface area contributed by atoms with E-state index >= 15 is 0 Å². The molecule has 158 valence electrons. The van der Waals surface area contributed by atoms with Gasteiger partial charge in [0.2, 0.25) is 5.89 Å². The molecule has 1 fully saturated rings. The molecule has 0 unspecified atom stereocenters. The highest BCUT2D eigenvalue weighted by Crippen LogP contribution is 2.33. The van der Waals surface area contributed by atoms with Gasteiger partial charge in [-0.1, -0.05) is 24.3 Å². The molecule has 0 spiro atoms. The fourth-order valence-corrected chi connectivity index (χ4v) is 4.37. The molecule has 1 amide bonds. The van der Waals surface area contributed by atoms with Gasteiger partial charge >= 0.3 is 0 Å². The van der Waals surface area contributed by atoms with Gasteiger partial charge in [0, 0.05) is 23.9 Å². The van der Waals surface area contributed by atoms with E-state index in [4.69, 9.17) is 4.42 Å².